The lowest BCUT2D eigenvalue weighted by Crippen LogP contribution is -2.42. The number of methoxy groups -OCH3 is 1. The molecule has 2 aliphatic heterocycles. The van der Waals surface area contributed by atoms with Crippen LogP contribution in [-0.2, 0) is 24.3 Å². The number of ether oxygens (including phenoxy) is 3. The van der Waals surface area contributed by atoms with E-state index in [4.69, 9.17) is 14.2 Å². The van der Waals surface area contributed by atoms with Gasteiger partial charge in [-0.3, -0.25) is 4.79 Å². The molecule has 1 aromatic heterocycles. The second-order valence-electron chi connectivity index (χ2n) is 8.07. The molecule has 0 aliphatic carbocycles. The maximum absolute atomic E-state index is 14.1. The Morgan fingerprint density at radius 1 is 1.28 bits per heavy atom. The molecule has 0 spiro atoms. The van der Waals surface area contributed by atoms with Gasteiger partial charge in [-0.2, -0.15) is 5.10 Å². The molecule has 3 heterocycles. The summed E-state index contributed by atoms with van der Waals surface area (Å²) < 4.78 is 32.7. The van der Waals surface area contributed by atoms with Crippen LogP contribution in [0.5, 0.6) is 11.6 Å². The van der Waals surface area contributed by atoms with Gasteiger partial charge in [0.2, 0.25) is 5.88 Å². The predicted octanol–water partition coefficient (Wildman–Crippen LogP) is 3.43. The van der Waals surface area contributed by atoms with Crippen LogP contribution in [0.2, 0.25) is 0 Å². The van der Waals surface area contributed by atoms with Crippen molar-refractivity contribution in [2.45, 2.75) is 38.1 Å². The number of nitrogens with zero attached hydrogens (tertiary/aromatic N) is 2. The zero-order chi connectivity index (χ0) is 22.1. The number of hydrogen-bond donors (Lipinski definition) is 1. The average Bonchev–Trinajstić information content (AvgIpc) is 3.23. The van der Waals surface area contributed by atoms with Crippen molar-refractivity contribution in [1.82, 2.24) is 15.1 Å². The summed E-state index contributed by atoms with van der Waals surface area (Å²) in [6.45, 7) is 1.46. The number of amides is 1. The molecule has 0 radical (unpaired) electrons. The molecular formula is C24H24FN3O4. The van der Waals surface area contributed by atoms with E-state index in [0.717, 1.165) is 16.9 Å². The Balaban J connectivity index is 1.26. The van der Waals surface area contributed by atoms with E-state index in [1.165, 1.54) is 6.07 Å². The van der Waals surface area contributed by atoms with Crippen molar-refractivity contribution in [3.63, 3.8) is 0 Å². The highest BCUT2D eigenvalue weighted by atomic mass is 19.1. The average molecular weight is 437 g/mol. The van der Waals surface area contributed by atoms with Crippen molar-refractivity contribution >= 4 is 5.91 Å². The van der Waals surface area contributed by atoms with Gasteiger partial charge in [0.15, 0.2) is 5.69 Å². The summed E-state index contributed by atoms with van der Waals surface area (Å²) in [6.07, 6.45) is 0.840. The van der Waals surface area contributed by atoms with E-state index in [-0.39, 0.29) is 23.5 Å². The number of aromatic nitrogens is 2. The Morgan fingerprint density at radius 3 is 3.00 bits per heavy atom. The molecule has 166 valence electrons. The number of carbonyl (C=O) groups excluding carboxylic acids is 1. The zero-order valence-electron chi connectivity index (χ0n) is 17.7. The first kappa shape index (κ1) is 20.5. The molecule has 1 amide bonds. The van der Waals surface area contributed by atoms with E-state index < -0.39 is 6.10 Å². The van der Waals surface area contributed by atoms with Gasteiger partial charge in [-0.25, -0.2) is 9.07 Å². The van der Waals surface area contributed by atoms with Crippen molar-refractivity contribution in [1.29, 1.82) is 0 Å². The molecule has 5 rings (SSSR count). The molecule has 2 aromatic carbocycles. The first-order valence-corrected chi connectivity index (χ1v) is 10.6. The second-order valence-corrected chi connectivity index (χ2v) is 8.07. The fraction of sp³-hybridized carbons (Fsp3) is 0.333. The molecule has 0 saturated heterocycles. The molecule has 7 nitrogen and oxygen atoms in total. The summed E-state index contributed by atoms with van der Waals surface area (Å²) in [6, 6.07) is 14.0. The topological polar surface area (TPSA) is 74.6 Å². The van der Waals surface area contributed by atoms with E-state index >= 15 is 0 Å². The Labute approximate surface area is 185 Å². The SMILES string of the molecule is COCc1ccc2c(c1)CC(NC(=O)c1cc3n(n1)CCC(c1ccccc1F)O3)CO2. The highest BCUT2D eigenvalue weighted by molar-refractivity contribution is 5.92. The number of halogens is 1. The minimum Gasteiger partial charge on any atom is -0.491 e. The van der Waals surface area contributed by atoms with Crippen LogP contribution in [0.3, 0.4) is 0 Å². The van der Waals surface area contributed by atoms with Crippen molar-refractivity contribution in [2.24, 2.45) is 0 Å². The van der Waals surface area contributed by atoms with Gasteiger partial charge in [-0.1, -0.05) is 24.3 Å². The van der Waals surface area contributed by atoms with Gasteiger partial charge < -0.3 is 19.5 Å². The van der Waals surface area contributed by atoms with Gasteiger partial charge in [-0.15, -0.1) is 0 Å². The summed E-state index contributed by atoms with van der Waals surface area (Å²) in [5.74, 6) is 0.710. The van der Waals surface area contributed by atoms with Crippen LogP contribution in [0.15, 0.2) is 48.5 Å². The van der Waals surface area contributed by atoms with Crippen LogP contribution in [-0.4, -0.2) is 35.4 Å². The minimum absolute atomic E-state index is 0.168. The summed E-state index contributed by atoms with van der Waals surface area (Å²) in [4.78, 5) is 12.8. The maximum Gasteiger partial charge on any atom is 0.272 e. The van der Waals surface area contributed by atoms with Crippen molar-refractivity contribution in [2.75, 3.05) is 13.7 Å². The third-order valence-electron chi connectivity index (χ3n) is 5.77. The Kier molecular flexibility index (Phi) is 5.53. The smallest absolute Gasteiger partial charge is 0.272 e. The molecule has 0 bridgehead atoms. The molecule has 1 N–H and O–H groups in total. The molecular weight excluding hydrogens is 413 g/mol. The molecule has 3 aromatic rings. The summed E-state index contributed by atoms with van der Waals surface area (Å²) in [5.41, 5.74) is 2.88. The van der Waals surface area contributed by atoms with Crippen LogP contribution in [0.1, 0.15) is 39.7 Å². The fourth-order valence-electron chi connectivity index (χ4n) is 4.22. The monoisotopic (exact) mass is 437 g/mol. The first-order chi connectivity index (χ1) is 15.6. The van der Waals surface area contributed by atoms with E-state index in [9.17, 15) is 9.18 Å². The Hall–Kier alpha value is -3.39. The first-order valence-electron chi connectivity index (χ1n) is 10.6. The Morgan fingerprint density at radius 2 is 2.16 bits per heavy atom. The number of nitrogens with one attached hydrogen (secondary N) is 1. The molecule has 32 heavy (non-hydrogen) atoms. The Bertz CT molecular complexity index is 1150. The molecule has 8 heteroatoms. The van der Waals surface area contributed by atoms with Crippen LogP contribution < -0.4 is 14.8 Å². The number of benzene rings is 2. The maximum atomic E-state index is 14.1. The standard InChI is InChI=1S/C24H24FN3O4/c1-30-13-15-6-7-21-16(10-15)11-17(14-31-21)26-24(29)20-12-23-28(27-20)9-8-22(32-23)18-4-2-3-5-19(18)25/h2-7,10,12,17,22H,8-9,11,13-14H2,1H3,(H,26,29). The van der Waals surface area contributed by atoms with E-state index in [0.29, 0.717) is 44.0 Å². The van der Waals surface area contributed by atoms with Crippen LogP contribution >= 0.6 is 0 Å². The van der Waals surface area contributed by atoms with E-state index in [1.54, 1.807) is 36.1 Å². The fourth-order valence-corrected chi connectivity index (χ4v) is 4.22. The largest absolute Gasteiger partial charge is 0.491 e. The molecule has 2 atom stereocenters. The molecule has 2 aliphatic rings. The molecule has 2 unspecified atom stereocenters. The number of fused-ring (bicyclic) bond motifs is 2. The van der Waals surface area contributed by atoms with Crippen LogP contribution in [0.4, 0.5) is 4.39 Å². The van der Waals surface area contributed by atoms with Gasteiger partial charge in [0.25, 0.3) is 5.91 Å². The lowest BCUT2D eigenvalue weighted by molar-refractivity contribution is 0.0909. The number of rotatable bonds is 5. The number of hydrogen-bond acceptors (Lipinski definition) is 5. The number of aryl methyl sites for hydroxylation is 1. The summed E-state index contributed by atoms with van der Waals surface area (Å²) in [7, 11) is 1.66. The van der Waals surface area contributed by atoms with Gasteiger partial charge in [0.1, 0.15) is 24.3 Å². The summed E-state index contributed by atoms with van der Waals surface area (Å²) in [5, 5.41) is 7.38. The predicted molar refractivity (Wildman–Crippen MR) is 114 cm³/mol. The molecule has 0 fully saturated rings. The van der Waals surface area contributed by atoms with Gasteiger partial charge >= 0.3 is 0 Å². The van der Waals surface area contributed by atoms with E-state index in [2.05, 4.69) is 10.4 Å². The lowest BCUT2D eigenvalue weighted by Gasteiger charge is -2.26. The third-order valence-corrected chi connectivity index (χ3v) is 5.77. The van der Waals surface area contributed by atoms with E-state index in [1.807, 2.05) is 18.2 Å². The minimum atomic E-state index is -0.402. The third kappa shape index (κ3) is 4.05. The van der Waals surface area contributed by atoms with Crippen molar-refractivity contribution in [3.05, 3.63) is 76.7 Å². The zero-order valence-corrected chi connectivity index (χ0v) is 17.7. The van der Waals surface area contributed by atoms with Gasteiger partial charge in [0, 0.05) is 31.7 Å². The van der Waals surface area contributed by atoms with Crippen molar-refractivity contribution in [3.8, 4) is 11.6 Å². The highest BCUT2D eigenvalue weighted by Crippen LogP contribution is 2.32. The van der Waals surface area contributed by atoms with Crippen molar-refractivity contribution < 1.29 is 23.4 Å². The normalized spacial score (nSPS) is 19.3. The van der Waals surface area contributed by atoms with Gasteiger partial charge in [0.05, 0.1) is 12.6 Å². The summed E-state index contributed by atoms with van der Waals surface area (Å²) >= 11 is 0. The molecule has 0 saturated carbocycles. The van der Waals surface area contributed by atoms with Crippen LogP contribution in [0, 0.1) is 5.82 Å². The second kappa shape index (κ2) is 8.63. The quantitative estimate of drug-likeness (QED) is 0.662. The number of carbonyl (C=O) groups is 1. The van der Waals surface area contributed by atoms with Gasteiger partial charge in [-0.05, 0) is 35.7 Å². The lowest BCUT2D eigenvalue weighted by atomic mass is 10.0. The highest BCUT2D eigenvalue weighted by Gasteiger charge is 2.28. The van der Waals surface area contributed by atoms with Crippen LogP contribution in [0.25, 0.3) is 0 Å².